The van der Waals surface area contributed by atoms with E-state index in [1.165, 1.54) is 0 Å². The van der Waals surface area contributed by atoms with Crippen LogP contribution in [0.1, 0.15) is 43.9 Å². The Morgan fingerprint density at radius 2 is 1.87 bits per heavy atom. The van der Waals surface area contributed by atoms with Crippen molar-refractivity contribution in [3.63, 3.8) is 0 Å². The topological polar surface area (TPSA) is 29.5 Å². The Labute approximate surface area is 95.8 Å². The van der Waals surface area contributed by atoms with Crippen molar-refractivity contribution in [1.29, 1.82) is 0 Å². The van der Waals surface area contributed by atoms with E-state index in [0.29, 0.717) is 10.9 Å². The maximum Gasteiger partial charge on any atom is 0.124 e. The summed E-state index contributed by atoms with van der Waals surface area (Å²) in [6, 6.07) is 3.58. The second-order valence-corrected chi connectivity index (χ2v) is 4.38. The summed E-state index contributed by atoms with van der Waals surface area (Å²) in [5.41, 5.74) is 1.87. The molecule has 3 heteroatoms. The average Bonchev–Trinajstić information content (AvgIpc) is 2.15. The van der Waals surface area contributed by atoms with Gasteiger partial charge in [0.2, 0.25) is 0 Å². The highest BCUT2D eigenvalue weighted by Gasteiger charge is 2.17. The van der Waals surface area contributed by atoms with Crippen LogP contribution in [0.5, 0.6) is 5.75 Å². The van der Waals surface area contributed by atoms with Gasteiger partial charge in [-0.2, -0.15) is 0 Å². The summed E-state index contributed by atoms with van der Waals surface area (Å²) in [6.07, 6.45) is -0.532. The number of halogens is 1. The third-order valence-corrected chi connectivity index (χ3v) is 2.60. The Hall–Kier alpha value is -0.730. The van der Waals surface area contributed by atoms with Crippen LogP contribution in [0.4, 0.5) is 0 Å². The number of aliphatic hydroxyl groups excluding tert-OH is 1. The van der Waals surface area contributed by atoms with Crippen LogP contribution in [-0.2, 0) is 0 Å². The highest BCUT2D eigenvalue weighted by atomic mass is 35.5. The van der Waals surface area contributed by atoms with Gasteiger partial charge in [-0.15, -0.1) is 0 Å². The van der Waals surface area contributed by atoms with Gasteiger partial charge >= 0.3 is 0 Å². The lowest BCUT2D eigenvalue weighted by molar-refractivity contribution is 0.197. The van der Waals surface area contributed by atoms with Crippen LogP contribution in [-0.4, -0.2) is 12.2 Å². The summed E-state index contributed by atoms with van der Waals surface area (Å²) in [6.45, 7) is 5.87. The van der Waals surface area contributed by atoms with E-state index in [4.69, 9.17) is 16.3 Å². The van der Waals surface area contributed by atoms with E-state index in [2.05, 4.69) is 13.8 Å². The van der Waals surface area contributed by atoms with Gasteiger partial charge in [-0.25, -0.2) is 0 Å². The van der Waals surface area contributed by atoms with E-state index in [0.717, 1.165) is 16.9 Å². The Kier molecular flexibility index (Phi) is 4.00. The minimum atomic E-state index is -0.532. The van der Waals surface area contributed by atoms with Gasteiger partial charge in [0.15, 0.2) is 0 Å². The fourth-order valence-corrected chi connectivity index (χ4v) is 1.96. The second-order valence-electron chi connectivity index (χ2n) is 3.94. The highest BCUT2D eigenvalue weighted by molar-refractivity contribution is 6.30. The maximum absolute atomic E-state index is 9.68. The Balaban J connectivity index is 3.40. The van der Waals surface area contributed by atoms with Crippen LogP contribution in [0, 0.1) is 0 Å². The summed E-state index contributed by atoms with van der Waals surface area (Å²) in [5.74, 6) is 1.04. The van der Waals surface area contributed by atoms with E-state index in [1.54, 1.807) is 26.2 Å². The number of rotatable bonds is 3. The average molecular weight is 229 g/mol. The van der Waals surface area contributed by atoms with Gasteiger partial charge in [-0.05, 0) is 30.5 Å². The van der Waals surface area contributed by atoms with Crippen molar-refractivity contribution >= 4 is 11.6 Å². The highest BCUT2D eigenvalue weighted by Crippen LogP contribution is 2.35. The van der Waals surface area contributed by atoms with Crippen molar-refractivity contribution in [3.8, 4) is 5.75 Å². The molecular formula is C12H17ClO2. The number of methoxy groups -OCH3 is 1. The van der Waals surface area contributed by atoms with Gasteiger partial charge in [0.25, 0.3) is 0 Å². The smallest absolute Gasteiger partial charge is 0.124 e. The zero-order valence-corrected chi connectivity index (χ0v) is 10.3. The van der Waals surface area contributed by atoms with Crippen LogP contribution in [0.2, 0.25) is 5.02 Å². The molecule has 0 aliphatic rings. The molecule has 1 atom stereocenters. The minimum absolute atomic E-state index is 0.293. The lowest BCUT2D eigenvalue weighted by Gasteiger charge is -2.19. The SMILES string of the molecule is COc1cc(Cl)cc(C(C)O)c1C(C)C. The molecule has 0 fully saturated rings. The standard InChI is InChI=1S/C12H17ClO2/c1-7(2)12-10(8(3)14)5-9(13)6-11(12)15-4/h5-8,14H,1-4H3. The third-order valence-electron chi connectivity index (χ3n) is 2.39. The quantitative estimate of drug-likeness (QED) is 0.858. The molecule has 0 aliphatic carbocycles. The molecule has 0 aliphatic heterocycles. The number of hydrogen-bond acceptors (Lipinski definition) is 2. The first-order valence-corrected chi connectivity index (χ1v) is 5.40. The number of benzene rings is 1. The minimum Gasteiger partial charge on any atom is -0.496 e. The monoisotopic (exact) mass is 228 g/mol. The van der Waals surface area contributed by atoms with E-state index in [9.17, 15) is 5.11 Å². The summed E-state index contributed by atoms with van der Waals surface area (Å²) >= 11 is 5.96. The molecule has 0 bridgehead atoms. The van der Waals surface area contributed by atoms with E-state index >= 15 is 0 Å². The molecule has 1 N–H and O–H groups in total. The molecule has 1 aromatic rings. The Bertz CT molecular complexity index is 346. The zero-order chi connectivity index (χ0) is 11.6. The molecule has 0 radical (unpaired) electrons. The fraction of sp³-hybridized carbons (Fsp3) is 0.500. The van der Waals surface area contributed by atoms with E-state index in [-0.39, 0.29) is 0 Å². The molecule has 0 saturated heterocycles. The first kappa shape index (κ1) is 12.3. The van der Waals surface area contributed by atoms with Gasteiger partial charge in [0.1, 0.15) is 5.75 Å². The zero-order valence-electron chi connectivity index (χ0n) is 9.54. The summed E-state index contributed by atoms with van der Waals surface area (Å²) < 4.78 is 5.28. The van der Waals surface area contributed by atoms with Gasteiger partial charge in [0, 0.05) is 10.6 Å². The Morgan fingerprint density at radius 3 is 2.27 bits per heavy atom. The van der Waals surface area contributed by atoms with Crippen LogP contribution in [0.15, 0.2) is 12.1 Å². The number of hydrogen-bond donors (Lipinski definition) is 1. The van der Waals surface area contributed by atoms with Crippen molar-refractivity contribution in [2.24, 2.45) is 0 Å². The predicted molar refractivity (Wildman–Crippen MR) is 62.7 cm³/mol. The molecule has 15 heavy (non-hydrogen) atoms. The van der Waals surface area contributed by atoms with Gasteiger partial charge in [-0.3, -0.25) is 0 Å². The molecule has 0 amide bonds. The molecule has 0 aromatic heterocycles. The summed E-state index contributed by atoms with van der Waals surface area (Å²) in [4.78, 5) is 0. The van der Waals surface area contributed by atoms with Crippen LogP contribution in [0.25, 0.3) is 0 Å². The third kappa shape index (κ3) is 2.64. The van der Waals surface area contributed by atoms with Crippen molar-refractivity contribution in [3.05, 3.63) is 28.3 Å². The molecule has 0 spiro atoms. The first-order valence-electron chi connectivity index (χ1n) is 5.02. The molecule has 1 unspecified atom stereocenters. The number of ether oxygens (including phenoxy) is 1. The predicted octanol–water partition coefficient (Wildman–Crippen LogP) is 3.53. The largest absolute Gasteiger partial charge is 0.496 e. The van der Waals surface area contributed by atoms with Gasteiger partial charge < -0.3 is 9.84 Å². The molecule has 84 valence electrons. The van der Waals surface area contributed by atoms with Crippen LogP contribution >= 0.6 is 11.6 Å². The van der Waals surface area contributed by atoms with Crippen molar-refractivity contribution < 1.29 is 9.84 Å². The van der Waals surface area contributed by atoms with Gasteiger partial charge in [0.05, 0.1) is 13.2 Å². The van der Waals surface area contributed by atoms with E-state index in [1.807, 2.05) is 0 Å². The summed E-state index contributed by atoms with van der Waals surface area (Å²) in [5, 5.41) is 10.3. The fourth-order valence-electron chi connectivity index (χ4n) is 1.75. The number of aliphatic hydroxyl groups is 1. The molecule has 0 heterocycles. The van der Waals surface area contributed by atoms with Crippen molar-refractivity contribution in [2.75, 3.05) is 7.11 Å². The van der Waals surface area contributed by atoms with Crippen LogP contribution in [0.3, 0.4) is 0 Å². The van der Waals surface area contributed by atoms with E-state index < -0.39 is 6.10 Å². The van der Waals surface area contributed by atoms with Crippen molar-refractivity contribution in [2.45, 2.75) is 32.8 Å². The van der Waals surface area contributed by atoms with Gasteiger partial charge in [-0.1, -0.05) is 25.4 Å². The lowest BCUT2D eigenvalue weighted by atomic mass is 9.93. The first-order chi connectivity index (χ1) is 6.97. The molecular weight excluding hydrogens is 212 g/mol. The molecule has 0 saturated carbocycles. The normalized spacial score (nSPS) is 13.0. The van der Waals surface area contributed by atoms with Crippen molar-refractivity contribution in [1.82, 2.24) is 0 Å². The molecule has 2 nitrogen and oxygen atoms in total. The molecule has 1 aromatic carbocycles. The summed E-state index contributed by atoms with van der Waals surface area (Å²) in [7, 11) is 1.61. The maximum atomic E-state index is 9.68. The lowest BCUT2D eigenvalue weighted by Crippen LogP contribution is -2.03. The second kappa shape index (κ2) is 4.86. The van der Waals surface area contributed by atoms with Crippen LogP contribution < -0.4 is 4.74 Å². The molecule has 1 rings (SSSR count). The Morgan fingerprint density at radius 1 is 1.27 bits per heavy atom.